The Morgan fingerprint density at radius 3 is 2.38 bits per heavy atom. The quantitative estimate of drug-likeness (QED) is 0.780. The van der Waals surface area contributed by atoms with E-state index in [2.05, 4.69) is 17.1 Å². The smallest absolute Gasteiger partial charge is 0.0569 e. The Bertz CT molecular complexity index is 236. The fourth-order valence-corrected chi connectivity index (χ4v) is 3.58. The molecular formula is C13H24N2O. The summed E-state index contributed by atoms with van der Waals surface area (Å²) < 4.78 is 5.33. The molecule has 2 heterocycles. The molecule has 1 N–H and O–H groups in total. The Labute approximate surface area is 98.5 Å². The van der Waals surface area contributed by atoms with Crippen LogP contribution in [0.5, 0.6) is 0 Å². The molecule has 3 rings (SSSR count). The zero-order valence-corrected chi connectivity index (χ0v) is 10.4. The number of nitrogens with one attached hydrogen (secondary N) is 1. The molecule has 2 saturated heterocycles. The van der Waals surface area contributed by atoms with Crippen LogP contribution in [-0.4, -0.2) is 49.8 Å². The molecule has 0 radical (unpaired) electrons. The van der Waals surface area contributed by atoms with E-state index in [9.17, 15) is 0 Å². The third-order valence-corrected chi connectivity index (χ3v) is 4.60. The zero-order valence-electron chi connectivity index (χ0n) is 10.4. The molecule has 0 unspecified atom stereocenters. The molecule has 3 heteroatoms. The first-order valence-electron chi connectivity index (χ1n) is 6.86. The summed E-state index contributed by atoms with van der Waals surface area (Å²) in [5.41, 5.74) is 0.596. The SMILES string of the molecule is CCNC1CCC(N2CC3(COC3)C2)CC1. The molecule has 1 spiro atoms. The molecule has 1 aliphatic carbocycles. The Balaban J connectivity index is 1.41. The summed E-state index contributed by atoms with van der Waals surface area (Å²) >= 11 is 0. The average Bonchev–Trinajstić information content (AvgIpc) is 2.16. The maximum Gasteiger partial charge on any atom is 0.0569 e. The molecule has 0 aromatic rings. The van der Waals surface area contributed by atoms with E-state index in [1.54, 1.807) is 0 Å². The molecule has 0 amide bonds. The first kappa shape index (κ1) is 11.0. The highest BCUT2D eigenvalue weighted by Gasteiger charge is 2.50. The molecule has 0 aromatic carbocycles. The molecule has 3 nitrogen and oxygen atoms in total. The van der Waals surface area contributed by atoms with Crippen molar-refractivity contribution in [2.75, 3.05) is 32.8 Å². The molecule has 3 aliphatic rings. The highest BCUT2D eigenvalue weighted by Crippen LogP contribution is 2.40. The van der Waals surface area contributed by atoms with Crippen molar-refractivity contribution in [2.24, 2.45) is 5.41 Å². The lowest BCUT2D eigenvalue weighted by atomic mass is 9.75. The van der Waals surface area contributed by atoms with Crippen molar-refractivity contribution in [1.82, 2.24) is 10.2 Å². The number of hydrogen-bond acceptors (Lipinski definition) is 3. The van der Waals surface area contributed by atoms with Crippen LogP contribution in [0.15, 0.2) is 0 Å². The van der Waals surface area contributed by atoms with Gasteiger partial charge in [0, 0.05) is 30.6 Å². The fraction of sp³-hybridized carbons (Fsp3) is 1.00. The number of nitrogens with zero attached hydrogens (tertiary/aromatic N) is 1. The third-order valence-electron chi connectivity index (χ3n) is 4.60. The molecule has 0 atom stereocenters. The van der Waals surface area contributed by atoms with Crippen LogP contribution in [0.2, 0.25) is 0 Å². The fourth-order valence-electron chi connectivity index (χ4n) is 3.58. The first-order valence-corrected chi connectivity index (χ1v) is 6.86. The topological polar surface area (TPSA) is 24.5 Å². The number of ether oxygens (including phenoxy) is 1. The largest absolute Gasteiger partial charge is 0.380 e. The summed E-state index contributed by atoms with van der Waals surface area (Å²) in [5, 5.41) is 3.58. The lowest BCUT2D eigenvalue weighted by molar-refractivity contribution is -0.200. The average molecular weight is 224 g/mol. The highest BCUT2D eigenvalue weighted by molar-refractivity contribution is 5.02. The molecule has 1 saturated carbocycles. The molecule has 92 valence electrons. The molecule has 0 aromatic heterocycles. The van der Waals surface area contributed by atoms with Crippen LogP contribution in [0.1, 0.15) is 32.6 Å². The Kier molecular flexibility index (Phi) is 2.94. The van der Waals surface area contributed by atoms with Crippen molar-refractivity contribution in [3.63, 3.8) is 0 Å². The lowest BCUT2D eigenvalue weighted by Crippen LogP contribution is -2.68. The predicted octanol–water partition coefficient (Wildman–Crippen LogP) is 1.24. The van der Waals surface area contributed by atoms with Crippen molar-refractivity contribution in [2.45, 2.75) is 44.7 Å². The van der Waals surface area contributed by atoms with Crippen LogP contribution < -0.4 is 5.32 Å². The van der Waals surface area contributed by atoms with E-state index in [1.165, 1.54) is 38.8 Å². The van der Waals surface area contributed by atoms with Gasteiger partial charge in [0.25, 0.3) is 0 Å². The van der Waals surface area contributed by atoms with Crippen molar-refractivity contribution in [3.05, 3.63) is 0 Å². The van der Waals surface area contributed by atoms with Gasteiger partial charge in [-0.3, -0.25) is 4.90 Å². The maximum atomic E-state index is 5.33. The molecular weight excluding hydrogens is 200 g/mol. The van der Waals surface area contributed by atoms with Crippen LogP contribution in [0.25, 0.3) is 0 Å². The van der Waals surface area contributed by atoms with Gasteiger partial charge in [0.15, 0.2) is 0 Å². The van der Waals surface area contributed by atoms with Crippen LogP contribution in [0.4, 0.5) is 0 Å². The van der Waals surface area contributed by atoms with E-state index in [-0.39, 0.29) is 0 Å². The summed E-state index contributed by atoms with van der Waals surface area (Å²) in [4.78, 5) is 2.70. The van der Waals surface area contributed by atoms with Crippen LogP contribution in [0.3, 0.4) is 0 Å². The summed E-state index contributed by atoms with van der Waals surface area (Å²) in [6.45, 7) is 8.00. The number of likely N-dealkylation sites (tertiary alicyclic amines) is 1. The van der Waals surface area contributed by atoms with E-state index in [0.29, 0.717) is 5.41 Å². The summed E-state index contributed by atoms with van der Waals surface area (Å²) in [7, 11) is 0. The maximum absolute atomic E-state index is 5.33. The predicted molar refractivity (Wildman–Crippen MR) is 64.5 cm³/mol. The van der Waals surface area contributed by atoms with Crippen molar-refractivity contribution in [3.8, 4) is 0 Å². The van der Waals surface area contributed by atoms with Crippen molar-refractivity contribution in [1.29, 1.82) is 0 Å². The second-order valence-corrected chi connectivity index (χ2v) is 5.96. The van der Waals surface area contributed by atoms with Gasteiger partial charge in [-0.05, 0) is 32.2 Å². The molecule has 16 heavy (non-hydrogen) atoms. The Hall–Kier alpha value is -0.120. The van der Waals surface area contributed by atoms with Gasteiger partial charge in [0.2, 0.25) is 0 Å². The molecule has 0 bridgehead atoms. The van der Waals surface area contributed by atoms with Crippen LogP contribution >= 0.6 is 0 Å². The second kappa shape index (κ2) is 4.28. The minimum absolute atomic E-state index is 0.596. The normalized spacial score (nSPS) is 38.1. The summed E-state index contributed by atoms with van der Waals surface area (Å²) in [5.74, 6) is 0. The lowest BCUT2D eigenvalue weighted by Gasteiger charge is -2.58. The zero-order chi connectivity index (χ0) is 11.0. The van der Waals surface area contributed by atoms with E-state index < -0.39 is 0 Å². The van der Waals surface area contributed by atoms with Gasteiger partial charge in [0.05, 0.1) is 13.2 Å². The third kappa shape index (κ3) is 1.89. The van der Waals surface area contributed by atoms with E-state index >= 15 is 0 Å². The summed E-state index contributed by atoms with van der Waals surface area (Å²) in [6.07, 6.45) is 5.54. The van der Waals surface area contributed by atoms with Gasteiger partial charge in [-0.15, -0.1) is 0 Å². The van der Waals surface area contributed by atoms with E-state index in [4.69, 9.17) is 4.74 Å². The van der Waals surface area contributed by atoms with Gasteiger partial charge in [-0.25, -0.2) is 0 Å². The molecule has 2 aliphatic heterocycles. The van der Waals surface area contributed by atoms with Gasteiger partial charge in [-0.2, -0.15) is 0 Å². The van der Waals surface area contributed by atoms with Gasteiger partial charge in [0.1, 0.15) is 0 Å². The highest BCUT2D eigenvalue weighted by atomic mass is 16.5. The van der Waals surface area contributed by atoms with Crippen molar-refractivity contribution < 1.29 is 4.74 Å². The van der Waals surface area contributed by atoms with Gasteiger partial charge >= 0.3 is 0 Å². The van der Waals surface area contributed by atoms with E-state index in [0.717, 1.165) is 31.8 Å². The van der Waals surface area contributed by atoms with E-state index in [1.807, 2.05) is 0 Å². The standard InChI is InChI=1S/C13H24N2O/c1-2-14-11-3-5-12(6-4-11)15-7-13(8-15)9-16-10-13/h11-12,14H,2-10H2,1H3. The van der Waals surface area contributed by atoms with Crippen molar-refractivity contribution >= 4 is 0 Å². The molecule has 3 fully saturated rings. The Morgan fingerprint density at radius 2 is 1.88 bits per heavy atom. The van der Waals surface area contributed by atoms with Crippen LogP contribution in [0, 0.1) is 5.41 Å². The second-order valence-electron chi connectivity index (χ2n) is 5.96. The first-order chi connectivity index (χ1) is 7.81. The number of hydrogen-bond donors (Lipinski definition) is 1. The Morgan fingerprint density at radius 1 is 1.19 bits per heavy atom. The number of rotatable bonds is 3. The van der Waals surface area contributed by atoms with Gasteiger partial charge < -0.3 is 10.1 Å². The summed E-state index contributed by atoms with van der Waals surface area (Å²) in [6, 6.07) is 1.67. The minimum atomic E-state index is 0.596. The minimum Gasteiger partial charge on any atom is -0.380 e. The van der Waals surface area contributed by atoms with Gasteiger partial charge in [-0.1, -0.05) is 6.92 Å². The van der Waals surface area contributed by atoms with Crippen LogP contribution in [-0.2, 0) is 4.74 Å². The monoisotopic (exact) mass is 224 g/mol.